The first-order valence-electron chi connectivity index (χ1n) is 6.18. The van der Waals surface area contributed by atoms with Crippen LogP contribution in [0.3, 0.4) is 0 Å². The molecular weight excluding hydrogens is 248 g/mol. The fourth-order valence-electron chi connectivity index (χ4n) is 1.50. The van der Waals surface area contributed by atoms with Crippen molar-refractivity contribution in [2.45, 2.75) is 32.8 Å². The number of ether oxygens (including phenoxy) is 1. The zero-order valence-corrected chi connectivity index (χ0v) is 11.6. The van der Waals surface area contributed by atoms with E-state index >= 15 is 0 Å². The van der Waals surface area contributed by atoms with Crippen molar-refractivity contribution in [3.63, 3.8) is 0 Å². The van der Waals surface area contributed by atoms with Gasteiger partial charge < -0.3 is 10.1 Å². The number of benzene rings is 1. The van der Waals surface area contributed by atoms with Gasteiger partial charge in [-0.05, 0) is 44.9 Å². The van der Waals surface area contributed by atoms with Crippen LogP contribution in [0.2, 0.25) is 5.02 Å². The number of rotatable bonds is 7. The monoisotopic (exact) mass is 266 g/mol. The Hall–Kier alpha value is -1.24. The first-order valence-corrected chi connectivity index (χ1v) is 6.56. The van der Waals surface area contributed by atoms with Gasteiger partial charge in [0, 0.05) is 13.2 Å². The number of nitriles is 1. The molecule has 1 aromatic carbocycles. The summed E-state index contributed by atoms with van der Waals surface area (Å²) in [6.07, 6.45) is 2.35. The van der Waals surface area contributed by atoms with Crippen LogP contribution < -0.4 is 5.32 Å². The summed E-state index contributed by atoms with van der Waals surface area (Å²) in [6.45, 7) is 5.72. The quantitative estimate of drug-likeness (QED) is 0.763. The molecule has 4 heteroatoms. The smallest absolute Gasteiger partial charge is 0.0992 e. The maximum absolute atomic E-state index is 8.73. The van der Waals surface area contributed by atoms with Crippen molar-refractivity contribution in [2.24, 2.45) is 0 Å². The highest BCUT2D eigenvalue weighted by Crippen LogP contribution is 2.22. The van der Waals surface area contributed by atoms with Crippen LogP contribution in [0.15, 0.2) is 18.2 Å². The van der Waals surface area contributed by atoms with Gasteiger partial charge >= 0.3 is 0 Å². The summed E-state index contributed by atoms with van der Waals surface area (Å²) in [7, 11) is 0. The molecule has 0 fully saturated rings. The Kier molecular flexibility index (Phi) is 6.56. The van der Waals surface area contributed by atoms with E-state index in [1.165, 1.54) is 0 Å². The number of halogens is 1. The molecule has 0 aromatic heterocycles. The zero-order valence-electron chi connectivity index (χ0n) is 10.9. The second kappa shape index (κ2) is 7.97. The van der Waals surface area contributed by atoms with Gasteiger partial charge in [-0.2, -0.15) is 5.26 Å². The van der Waals surface area contributed by atoms with E-state index in [9.17, 15) is 0 Å². The lowest BCUT2D eigenvalue weighted by Gasteiger charge is -2.09. The number of nitrogens with zero attached hydrogens (tertiary/aromatic N) is 1. The number of hydrogen-bond acceptors (Lipinski definition) is 3. The molecular formula is C14H19ClN2O. The lowest BCUT2D eigenvalue weighted by molar-refractivity contribution is 0.0765. The van der Waals surface area contributed by atoms with Gasteiger partial charge in [0.25, 0.3) is 0 Å². The van der Waals surface area contributed by atoms with Crippen LogP contribution in [-0.2, 0) is 4.74 Å². The summed E-state index contributed by atoms with van der Waals surface area (Å²) in [6, 6.07) is 7.33. The molecule has 0 aliphatic heterocycles. The molecule has 1 N–H and O–H groups in total. The highest BCUT2D eigenvalue weighted by molar-refractivity contribution is 6.33. The summed E-state index contributed by atoms with van der Waals surface area (Å²) in [5, 5.41) is 12.6. The number of anilines is 1. The Morgan fingerprint density at radius 1 is 1.39 bits per heavy atom. The molecule has 0 saturated carbocycles. The van der Waals surface area contributed by atoms with E-state index in [0.717, 1.165) is 31.7 Å². The number of nitrogens with one attached hydrogen (secondary N) is 1. The van der Waals surface area contributed by atoms with Crippen LogP contribution in [0.5, 0.6) is 0 Å². The standard InChI is InChI=1S/C14H19ClN2O/c1-11(2)18-8-4-3-7-17-14-6-5-12(10-16)9-13(14)15/h5-6,9,11,17H,3-4,7-8H2,1-2H3. The topological polar surface area (TPSA) is 45.0 Å². The van der Waals surface area contributed by atoms with Crippen molar-refractivity contribution in [1.82, 2.24) is 0 Å². The predicted molar refractivity (Wildman–Crippen MR) is 75.0 cm³/mol. The minimum Gasteiger partial charge on any atom is -0.384 e. The van der Waals surface area contributed by atoms with E-state index in [-0.39, 0.29) is 0 Å². The molecule has 0 atom stereocenters. The van der Waals surface area contributed by atoms with Gasteiger partial charge in [-0.25, -0.2) is 0 Å². The van der Waals surface area contributed by atoms with E-state index in [1.807, 2.05) is 19.9 Å². The molecule has 0 radical (unpaired) electrons. The van der Waals surface area contributed by atoms with E-state index < -0.39 is 0 Å². The Labute approximate surface area is 114 Å². The van der Waals surface area contributed by atoms with E-state index in [1.54, 1.807) is 12.1 Å². The molecule has 0 saturated heterocycles. The van der Waals surface area contributed by atoms with Crippen LogP contribution in [0.1, 0.15) is 32.3 Å². The van der Waals surface area contributed by atoms with E-state index in [2.05, 4.69) is 11.4 Å². The summed E-state index contributed by atoms with van der Waals surface area (Å²) < 4.78 is 5.46. The summed E-state index contributed by atoms with van der Waals surface area (Å²) in [4.78, 5) is 0. The predicted octanol–water partition coefficient (Wildman–Crippen LogP) is 3.83. The highest BCUT2D eigenvalue weighted by Gasteiger charge is 2.01. The molecule has 0 heterocycles. The van der Waals surface area contributed by atoms with Crippen molar-refractivity contribution in [3.8, 4) is 6.07 Å². The van der Waals surface area contributed by atoms with Gasteiger partial charge in [-0.1, -0.05) is 11.6 Å². The van der Waals surface area contributed by atoms with Crippen molar-refractivity contribution < 1.29 is 4.74 Å². The zero-order chi connectivity index (χ0) is 13.4. The minimum atomic E-state index is 0.297. The maximum Gasteiger partial charge on any atom is 0.0992 e. The number of hydrogen-bond donors (Lipinski definition) is 1. The van der Waals surface area contributed by atoms with Gasteiger partial charge in [-0.3, -0.25) is 0 Å². The molecule has 0 spiro atoms. The third kappa shape index (κ3) is 5.39. The van der Waals surface area contributed by atoms with Crippen LogP contribution >= 0.6 is 11.6 Å². The molecule has 98 valence electrons. The highest BCUT2D eigenvalue weighted by atomic mass is 35.5. The SMILES string of the molecule is CC(C)OCCCCNc1ccc(C#N)cc1Cl. The lowest BCUT2D eigenvalue weighted by atomic mass is 10.2. The average molecular weight is 267 g/mol. The van der Waals surface area contributed by atoms with Crippen LogP contribution in [0.4, 0.5) is 5.69 Å². The average Bonchev–Trinajstić information content (AvgIpc) is 2.34. The van der Waals surface area contributed by atoms with Crippen molar-refractivity contribution in [1.29, 1.82) is 5.26 Å². The normalized spacial score (nSPS) is 10.4. The fourth-order valence-corrected chi connectivity index (χ4v) is 1.74. The molecule has 0 unspecified atom stereocenters. The Morgan fingerprint density at radius 2 is 2.17 bits per heavy atom. The third-order valence-corrected chi connectivity index (χ3v) is 2.75. The summed E-state index contributed by atoms with van der Waals surface area (Å²) in [5.41, 5.74) is 1.45. The summed E-state index contributed by atoms with van der Waals surface area (Å²) in [5.74, 6) is 0. The fraction of sp³-hybridized carbons (Fsp3) is 0.500. The van der Waals surface area contributed by atoms with Gasteiger partial charge in [0.2, 0.25) is 0 Å². The van der Waals surface area contributed by atoms with Crippen molar-refractivity contribution in [2.75, 3.05) is 18.5 Å². The van der Waals surface area contributed by atoms with Crippen molar-refractivity contribution >= 4 is 17.3 Å². The second-order valence-corrected chi connectivity index (χ2v) is 4.77. The van der Waals surface area contributed by atoms with E-state index in [0.29, 0.717) is 16.7 Å². The van der Waals surface area contributed by atoms with Crippen LogP contribution in [0, 0.1) is 11.3 Å². The second-order valence-electron chi connectivity index (χ2n) is 4.36. The molecule has 0 aliphatic rings. The van der Waals surface area contributed by atoms with Crippen molar-refractivity contribution in [3.05, 3.63) is 28.8 Å². The third-order valence-electron chi connectivity index (χ3n) is 2.44. The molecule has 0 bridgehead atoms. The Bertz CT molecular complexity index is 413. The van der Waals surface area contributed by atoms with Gasteiger partial charge in [-0.15, -0.1) is 0 Å². The Balaban J connectivity index is 2.25. The number of unbranched alkanes of at least 4 members (excludes halogenated alkanes) is 1. The Morgan fingerprint density at radius 3 is 2.78 bits per heavy atom. The van der Waals surface area contributed by atoms with Gasteiger partial charge in [0.1, 0.15) is 0 Å². The van der Waals surface area contributed by atoms with Gasteiger partial charge in [0.05, 0.1) is 28.4 Å². The molecule has 1 aromatic rings. The summed E-state index contributed by atoms with van der Waals surface area (Å²) >= 11 is 6.05. The largest absolute Gasteiger partial charge is 0.384 e. The lowest BCUT2D eigenvalue weighted by Crippen LogP contribution is -2.07. The van der Waals surface area contributed by atoms with E-state index in [4.69, 9.17) is 21.6 Å². The first-order chi connectivity index (χ1) is 8.63. The minimum absolute atomic E-state index is 0.297. The van der Waals surface area contributed by atoms with Crippen LogP contribution in [-0.4, -0.2) is 19.3 Å². The molecule has 0 aliphatic carbocycles. The maximum atomic E-state index is 8.73. The molecule has 3 nitrogen and oxygen atoms in total. The molecule has 18 heavy (non-hydrogen) atoms. The van der Waals surface area contributed by atoms with Crippen LogP contribution in [0.25, 0.3) is 0 Å². The first kappa shape index (κ1) is 14.8. The molecule has 0 amide bonds. The molecule has 1 rings (SSSR count). The van der Waals surface area contributed by atoms with Gasteiger partial charge in [0.15, 0.2) is 0 Å².